The van der Waals surface area contributed by atoms with E-state index < -0.39 is 0 Å². The van der Waals surface area contributed by atoms with Crippen molar-refractivity contribution in [1.82, 2.24) is 0 Å². The lowest BCUT2D eigenvalue weighted by Gasteiger charge is -2.33. The summed E-state index contributed by atoms with van der Waals surface area (Å²) in [7, 11) is 0. The number of allylic oxidation sites excluding steroid dienone is 4. The van der Waals surface area contributed by atoms with Crippen molar-refractivity contribution in [2.45, 2.75) is 118 Å². The molecule has 0 rings (SSSR count). The number of aliphatic hydroxyl groups is 2. The minimum Gasteiger partial charge on any atom is -0.393 e. The van der Waals surface area contributed by atoms with Gasteiger partial charge in [0, 0.05) is 5.92 Å². The third-order valence-electron chi connectivity index (χ3n) is 7.49. The smallest absolute Gasteiger partial charge is 0.0537 e. The van der Waals surface area contributed by atoms with Gasteiger partial charge in [0.1, 0.15) is 0 Å². The molecule has 6 atom stereocenters. The lowest BCUT2D eigenvalue weighted by atomic mass is 9.72. The fourth-order valence-corrected chi connectivity index (χ4v) is 5.37. The van der Waals surface area contributed by atoms with Crippen LogP contribution in [0.25, 0.3) is 0 Å². The zero-order chi connectivity index (χ0) is 26.4. The molecule has 0 aliphatic heterocycles. The van der Waals surface area contributed by atoms with E-state index in [9.17, 15) is 10.2 Å². The molecule has 0 radical (unpaired) electrons. The lowest BCUT2D eigenvalue weighted by Crippen LogP contribution is -2.22. The van der Waals surface area contributed by atoms with Crippen molar-refractivity contribution in [2.75, 3.05) is 0 Å². The molecular formula is C32H58O2. The summed E-state index contributed by atoms with van der Waals surface area (Å²) in [5, 5.41) is 20.1. The maximum Gasteiger partial charge on any atom is 0.0537 e. The molecule has 0 spiro atoms. The van der Waals surface area contributed by atoms with E-state index in [2.05, 4.69) is 67.0 Å². The Morgan fingerprint density at radius 3 is 1.79 bits per heavy atom. The van der Waals surface area contributed by atoms with Gasteiger partial charge in [0.05, 0.1) is 12.2 Å². The molecule has 2 N–H and O–H groups in total. The van der Waals surface area contributed by atoms with Crippen molar-refractivity contribution in [3.63, 3.8) is 0 Å². The van der Waals surface area contributed by atoms with Crippen LogP contribution < -0.4 is 0 Å². The maximum absolute atomic E-state index is 10.3. The van der Waals surface area contributed by atoms with Gasteiger partial charge in [0.2, 0.25) is 0 Å². The van der Waals surface area contributed by atoms with Crippen LogP contribution in [0, 0.1) is 35.5 Å². The Kier molecular flexibility index (Phi) is 16.8. The summed E-state index contributed by atoms with van der Waals surface area (Å²) in [5.41, 5.74) is 3.78. The standard InChI is InChI=1S/C32H58O2/c1-12-28(19-22(4)5)20-24(8)30(17-18-31(34)14-3)21-25(9)32(23(6)7)27(11)29(13-2)16-15-26(10)33/h12,22-23,26,28-34H,1,8-9,11,13-21H2,2-7,10H3/t26?,28-,29?,30?,31?,32?/m0/s1. The second-order valence-corrected chi connectivity index (χ2v) is 11.5. The molecule has 0 amide bonds. The van der Waals surface area contributed by atoms with Crippen LogP contribution >= 0.6 is 0 Å². The number of aliphatic hydroxyl groups excluding tert-OH is 2. The van der Waals surface area contributed by atoms with Crippen LogP contribution in [0.4, 0.5) is 0 Å². The highest BCUT2D eigenvalue weighted by molar-refractivity contribution is 5.22. The van der Waals surface area contributed by atoms with Gasteiger partial charge in [-0.2, -0.15) is 0 Å². The number of hydrogen-bond donors (Lipinski definition) is 2. The number of hydrogen-bond acceptors (Lipinski definition) is 2. The van der Waals surface area contributed by atoms with Crippen LogP contribution in [0.3, 0.4) is 0 Å². The van der Waals surface area contributed by atoms with Gasteiger partial charge >= 0.3 is 0 Å². The molecule has 0 aromatic rings. The first kappa shape index (κ1) is 32.9. The van der Waals surface area contributed by atoms with Crippen molar-refractivity contribution in [2.24, 2.45) is 35.5 Å². The van der Waals surface area contributed by atoms with E-state index in [1.54, 1.807) is 0 Å². The predicted molar refractivity (Wildman–Crippen MR) is 152 cm³/mol. The Bertz CT molecular complexity index is 613. The molecule has 0 saturated carbocycles. The summed E-state index contributed by atoms with van der Waals surface area (Å²) < 4.78 is 0. The molecule has 2 heteroatoms. The fourth-order valence-electron chi connectivity index (χ4n) is 5.37. The van der Waals surface area contributed by atoms with Crippen molar-refractivity contribution in [3.05, 3.63) is 49.1 Å². The molecule has 0 bridgehead atoms. The third-order valence-corrected chi connectivity index (χ3v) is 7.49. The summed E-state index contributed by atoms with van der Waals surface area (Å²) in [5.74, 6) is 2.48. The highest BCUT2D eigenvalue weighted by Crippen LogP contribution is 2.40. The van der Waals surface area contributed by atoms with Gasteiger partial charge < -0.3 is 10.2 Å². The van der Waals surface area contributed by atoms with Gasteiger partial charge in [0.25, 0.3) is 0 Å². The highest BCUT2D eigenvalue weighted by atomic mass is 16.3. The van der Waals surface area contributed by atoms with E-state index in [1.807, 2.05) is 13.8 Å². The highest BCUT2D eigenvalue weighted by Gasteiger charge is 2.28. The van der Waals surface area contributed by atoms with Crippen molar-refractivity contribution in [1.29, 1.82) is 0 Å². The maximum atomic E-state index is 10.3. The average molecular weight is 475 g/mol. The van der Waals surface area contributed by atoms with E-state index in [0.717, 1.165) is 57.8 Å². The Hall–Kier alpha value is -1.12. The Balaban J connectivity index is 5.63. The fraction of sp³-hybridized carbons (Fsp3) is 0.750. The first-order valence-electron chi connectivity index (χ1n) is 13.9. The van der Waals surface area contributed by atoms with E-state index >= 15 is 0 Å². The van der Waals surface area contributed by atoms with E-state index in [0.29, 0.717) is 29.6 Å². The van der Waals surface area contributed by atoms with E-state index in [4.69, 9.17) is 0 Å². The zero-order valence-electron chi connectivity index (χ0n) is 23.8. The quantitative estimate of drug-likeness (QED) is 0.173. The molecule has 0 aromatic carbocycles. The summed E-state index contributed by atoms with van der Waals surface area (Å²) in [6, 6.07) is 0. The van der Waals surface area contributed by atoms with Crippen LogP contribution in [0.5, 0.6) is 0 Å². The summed E-state index contributed by atoms with van der Waals surface area (Å²) >= 11 is 0. The number of rotatable bonds is 20. The minimum absolute atomic E-state index is 0.254. The van der Waals surface area contributed by atoms with Gasteiger partial charge in [-0.05, 0) is 94.3 Å². The normalized spacial score (nSPS) is 17.1. The van der Waals surface area contributed by atoms with Crippen molar-refractivity contribution < 1.29 is 10.2 Å². The van der Waals surface area contributed by atoms with Gasteiger partial charge in [-0.1, -0.05) is 84.1 Å². The second-order valence-electron chi connectivity index (χ2n) is 11.5. The summed E-state index contributed by atoms with van der Waals surface area (Å²) in [6.45, 7) is 33.0. The molecule has 0 saturated heterocycles. The van der Waals surface area contributed by atoms with Gasteiger partial charge in [-0.15, -0.1) is 6.58 Å². The molecular weight excluding hydrogens is 416 g/mol. The second kappa shape index (κ2) is 17.3. The Labute approximate surface area is 213 Å². The molecule has 2 nitrogen and oxygen atoms in total. The SMILES string of the molecule is C=C[C@H](CC(=C)C(CCC(O)CC)CC(=C)C(C(=C)C(CC)CCC(C)O)C(C)C)CC(C)C. The van der Waals surface area contributed by atoms with Crippen LogP contribution in [0.2, 0.25) is 0 Å². The largest absolute Gasteiger partial charge is 0.393 e. The predicted octanol–water partition coefficient (Wildman–Crippen LogP) is 8.91. The topological polar surface area (TPSA) is 40.5 Å². The first-order valence-corrected chi connectivity index (χ1v) is 13.9. The summed E-state index contributed by atoms with van der Waals surface area (Å²) in [4.78, 5) is 0. The average Bonchev–Trinajstić information content (AvgIpc) is 2.75. The van der Waals surface area contributed by atoms with Crippen molar-refractivity contribution in [3.8, 4) is 0 Å². The molecule has 198 valence electrons. The van der Waals surface area contributed by atoms with E-state index in [1.165, 1.54) is 16.7 Å². The molecule has 0 aliphatic rings. The van der Waals surface area contributed by atoms with Crippen molar-refractivity contribution >= 4 is 0 Å². The molecule has 0 fully saturated rings. The van der Waals surface area contributed by atoms with Gasteiger partial charge in [-0.3, -0.25) is 0 Å². The van der Waals surface area contributed by atoms with Gasteiger partial charge in [0.15, 0.2) is 0 Å². The van der Waals surface area contributed by atoms with E-state index in [-0.39, 0.29) is 18.1 Å². The van der Waals surface area contributed by atoms with Crippen LogP contribution in [0.1, 0.15) is 106 Å². The van der Waals surface area contributed by atoms with Gasteiger partial charge in [-0.25, -0.2) is 0 Å². The summed E-state index contributed by atoms with van der Waals surface area (Å²) in [6.07, 6.45) is 9.89. The molecule has 5 unspecified atom stereocenters. The van der Waals surface area contributed by atoms with Crippen LogP contribution in [0.15, 0.2) is 49.1 Å². The zero-order valence-corrected chi connectivity index (χ0v) is 23.8. The lowest BCUT2D eigenvalue weighted by molar-refractivity contribution is 0.152. The molecule has 0 aliphatic carbocycles. The first-order chi connectivity index (χ1) is 15.9. The van der Waals surface area contributed by atoms with Crippen LogP contribution in [-0.4, -0.2) is 22.4 Å². The van der Waals surface area contributed by atoms with Crippen LogP contribution in [-0.2, 0) is 0 Å². The Morgan fingerprint density at radius 1 is 0.765 bits per heavy atom. The monoisotopic (exact) mass is 474 g/mol. The molecule has 0 heterocycles. The third kappa shape index (κ3) is 12.5. The minimum atomic E-state index is -0.274. The molecule has 0 aromatic heterocycles. The Morgan fingerprint density at radius 2 is 1.35 bits per heavy atom. The molecule has 34 heavy (non-hydrogen) atoms.